The highest BCUT2D eigenvalue weighted by Gasteiger charge is 2.35. The second kappa shape index (κ2) is 5.01. The Labute approximate surface area is 108 Å². The van der Waals surface area contributed by atoms with Gasteiger partial charge in [-0.3, -0.25) is 10.1 Å². The Bertz CT molecular complexity index is 540. The Morgan fingerprint density at radius 2 is 1.95 bits per heavy atom. The van der Waals surface area contributed by atoms with E-state index in [1.165, 1.54) is 13.2 Å². The lowest BCUT2D eigenvalue weighted by molar-refractivity contribution is -0.386. The fraction of sp³-hybridized carbons (Fsp3) is 0.364. The van der Waals surface area contributed by atoms with E-state index >= 15 is 0 Å². The van der Waals surface area contributed by atoms with Crippen molar-refractivity contribution >= 4 is 11.7 Å². The normalized spacial score (nSPS) is 12.7. The molecule has 19 heavy (non-hydrogen) atoms. The van der Waals surface area contributed by atoms with Crippen molar-refractivity contribution < 1.29 is 28.7 Å². The molecule has 0 aliphatic carbocycles. The number of hydrogen-bond donors (Lipinski definition) is 0. The SMILES string of the molecule is COC(=O)c1cc(OC)c2c(c1[N+](=O)[O-])OCCO2. The van der Waals surface area contributed by atoms with E-state index in [1.54, 1.807) is 0 Å². The molecule has 2 rings (SSSR count). The summed E-state index contributed by atoms with van der Waals surface area (Å²) in [5, 5.41) is 11.1. The first-order valence-corrected chi connectivity index (χ1v) is 5.33. The minimum absolute atomic E-state index is 0.115. The van der Waals surface area contributed by atoms with Crippen molar-refractivity contribution in [3.05, 3.63) is 21.7 Å². The highest BCUT2D eigenvalue weighted by Crippen LogP contribution is 2.47. The molecule has 0 aromatic heterocycles. The highest BCUT2D eigenvalue weighted by molar-refractivity contribution is 5.97. The third-order valence-electron chi connectivity index (χ3n) is 2.56. The van der Waals surface area contributed by atoms with Crippen LogP contribution in [0.3, 0.4) is 0 Å². The standard InChI is InChI=1S/C11H11NO7/c1-16-7-5-6(11(13)17-2)8(12(14)15)10-9(7)18-3-4-19-10/h5H,3-4H2,1-2H3. The average Bonchev–Trinajstić information content (AvgIpc) is 2.44. The van der Waals surface area contributed by atoms with Gasteiger partial charge >= 0.3 is 11.7 Å². The third-order valence-corrected chi connectivity index (χ3v) is 2.56. The molecular weight excluding hydrogens is 258 g/mol. The number of carbonyl (C=O) groups is 1. The van der Waals surface area contributed by atoms with E-state index in [1.807, 2.05) is 0 Å². The summed E-state index contributed by atoms with van der Waals surface area (Å²) in [7, 11) is 2.50. The van der Waals surface area contributed by atoms with Gasteiger partial charge in [-0.05, 0) is 0 Å². The van der Waals surface area contributed by atoms with Crippen molar-refractivity contribution in [1.82, 2.24) is 0 Å². The smallest absolute Gasteiger partial charge is 0.345 e. The van der Waals surface area contributed by atoms with Crippen LogP contribution in [0.15, 0.2) is 6.07 Å². The van der Waals surface area contributed by atoms with Gasteiger partial charge in [-0.1, -0.05) is 0 Å². The maximum absolute atomic E-state index is 11.6. The van der Waals surface area contributed by atoms with Crippen LogP contribution in [0, 0.1) is 10.1 Å². The van der Waals surface area contributed by atoms with Gasteiger partial charge in [-0.15, -0.1) is 0 Å². The van der Waals surface area contributed by atoms with E-state index in [4.69, 9.17) is 14.2 Å². The van der Waals surface area contributed by atoms with Gasteiger partial charge in [0.2, 0.25) is 11.5 Å². The number of fused-ring (bicyclic) bond motifs is 1. The molecule has 1 aromatic rings. The Hall–Kier alpha value is -2.51. The zero-order valence-electron chi connectivity index (χ0n) is 10.3. The van der Waals surface area contributed by atoms with Gasteiger partial charge in [0.25, 0.3) is 0 Å². The molecule has 0 radical (unpaired) electrons. The number of nitrogens with zero attached hydrogens (tertiary/aromatic N) is 1. The van der Waals surface area contributed by atoms with Crippen LogP contribution in [0.4, 0.5) is 5.69 Å². The van der Waals surface area contributed by atoms with Gasteiger partial charge in [0, 0.05) is 6.07 Å². The van der Waals surface area contributed by atoms with Crippen molar-refractivity contribution in [1.29, 1.82) is 0 Å². The summed E-state index contributed by atoms with van der Waals surface area (Å²) in [4.78, 5) is 22.0. The van der Waals surface area contributed by atoms with E-state index in [0.29, 0.717) is 0 Å². The zero-order chi connectivity index (χ0) is 14.0. The molecule has 1 heterocycles. The van der Waals surface area contributed by atoms with Crippen LogP contribution in [-0.2, 0) is 4.74 Å². The summed E-state index contributed by atoms with van der Waals surface area (Å²) in [5.41, 5.74) is -0.726. The van der Waals surface area contributed by atoms with Gasteiger partial charge in [-0.25, -0.2) is 4.79 Å². The van der Waals surface area contributed by atoms with E-state index in [-0.39, 0.29) is 36.0 Å². The molecule has 0 fully saturated rings. The summed E-state index contributed by atoms with van der Waals surface area (Å²) >= 11 is 0. The van der Waals surface area contributed by atoms with Gasteiger partial charge in [0.05, 0.1) is 19.1 Å². The van der Waals surface area contributed by atoms with Crippen LogP contribution in [0.5, 0.6) is 17.2 Å². The maximum atomic E-state index is 11.6. The first-order chi connectivity index (χ1) is 9.10. The number of carbonyl (C=O) groups excluding carboxylic acids is 1. The van der Waals surface area contributed by atoms with E-state index in [0.717, 1.165) is 7.11 Å². The molecule has 1 aliphatic rings. The van der Waals surface area contributed by atoms with Crippen LogP contribution in [0.2, 0.25) is 0 Å². The summed E-state index contributed by atoms with van der Waals surface area (Å²) in [6, 6.07) is 1.21. The number of benzene rings is 1. The fourth-order valence-electron chi connectivity index (χ4n) is 1.76. The molecule has 0 bridgehead atoms. The first-order valence-electron chi connectivity index (χ1n) is 5.33. The first kappa shape index (κ1) is 12.9. The molecule has 0 atom stereocenters. The van der Waals surface area contributed by atoms with Crippen molar-refractivity contribution in [3.8, 4) is 17.2 Å². The summed E-state index contributed by atoms with van der Waals surface area (Å²) in [5.74, 6) is -0.660. The molecule has 0 amide bonds. The van der Waals surface area contributed by atoms with Gasteiger partial charge in [0.15, 0.2) is 5.75 Å². The lowest BCUT2D eigenvalue weighted by atomic mass is 10.1. The minimum atomic E-state index is -0.845. The lowest BCUT2D eigenvalue weighted by Crippen LogP contribution is -2.19. The van der Waals surface area contributed by atoms with E-state index in [2.05, 4.69) is 4.74 Å². The molecule has 0 spiro atoms. The second-order valence-corrected chi connectivity index (χ2v) is 3.58. The van der Waals surface area contributed by atoms with E-state index < -0.39 is 16.6 Å². The minimum Gasteiger partial charge on any atom is -0.493 e. The van der Waals surface area contributed by atoms with Crippen molar-refractivity contribution in [2.24, 2.45) is 0 Å². The predicted octanol–water partition coefficient (Wildman–Crippen LogP) is 1.16. The number of methoxy groups -OCH3 is 2. The largest absolute Gasteiger partial charge is 0.493 e. The fourth-order valence-corrected chi connectivity index (χ4v) is 1.76. The van der Waals surface area contributed by atoms with Crippen molar-refractivity contribution in [3.63, 3.8) is 0 Å². The van der Waals surface area contributed by atoms with Gasteiger partial charge in [0.1, 0.15) is 18.8 Å². The molecule has 8 heteroatoms. The zero-order valence-corrected chi connectivity index (χ0v) is 10.3. The molecule has 1 aliphatic heterocycles. The van der Waals surface area contributed by atoms with Crippen LogP contribution in [0.1, 0.15) is 10.4 Å². The molecule has 1 aromatic carbocycles. The predicted molar refractivity (Wildman–Crippen MR) is 62.0 cm³/mol. The molecule has 0 unspecified atom stereocenters. The summed E-state index contributed by atoms with van der Waals surface area (Å²) in [6.07, 6.45) is 0. The Morgan fingerprint density at radius 3 is 2.47 bits per heavy atom. The van der Waals surface area contributed by atoms with Crippen molar-refractivity contribution in [2.45, 2.75) is 0 Å². The number of rotatable bonds is 3. The number of nitro benzene ring substituents is 1. The summed E-state index contributed by atoms with van der Waals surface area (Å²) in [6.45, 7) is 0.402. The third kappa shape index (κ3) is 2.12. The number of ether oxygens (including phenoxy) is 4. The lowest BCUT2D eigenvalue weighted by Gasteiger charge is -2.21. The number of hydrogen-bond acceptors (Lipinski definition) is 7. The highest BCUT2D eigenvalue weighted by atomic mass is 16.6. The van der Waals surface area contributed by atoms with Gasteiger partial charge in [-0.2, -0.15) is 0 Å². The van der Waals surface area contributed by atoms with Crippen LogP contribution >= 0.6 is 0 Å². The molecule has 8 nitrogen and oxygen atoms in total. The second-order valence-electron chi connectivity index (χ2n) is 3.58. The molecule has 0 saturated heterocycles. The molecular formula is C11H11NO7. The Balaban J connectivity index is 2.73. The number of esters is 1. The Kier molecular flexibility index (Phi) is 3.41. The monoisotopic (exact) mass is 269 g/mol. The number of nitro groups is 1. The molecule has 102 valence electrons. The quantitative estimate of drug-likeness (QED) is 0.461. The molecule has 0 saturated carbocycles. The van der Waals surface area contributed by atoms with Crippen LogP contribution < -0.4 is 14.2 Å². The van der Waals surface area contributed by atoms with Gasteiger partial charge < -0.3 is 18.9 Å². The van der Waals surface area contributed by atoms with Crippen LogP contribution in [-0.4, -0.2) is 38.3 Å². The topological polar surface area (TPSA) is 97.1 Å². The Morgan fingerprint density at radius 1 is 1.32 bits per heavy atom. The van der Waals surface area contributed by atoms with E-state index in [9.17, 15) is 14.9 Å². The van der Waals surface area contributed by atoms with Crippen LogP contribution in [0.25, 0.3) is 0 Å². The average molecular weight is 269 g/mol. The maximum Gasteiger partial charge on any atom is 0.345 e. The molecule has 0 N–H and O–H groups in total. The summed E-state index contributed by atoms with van der Waals surface area (Å²) < 4.78 is 20.1. The van der Waals surface area contributed by atoms with Crippen molar-refractivity contribution in [2.75, 3.05) is 27.4 Å².